The van der Waals surface area contributed by atoms with Gasteiger partial charge in [0.1, 0.15) is 0 Å². The molecule has 3 rings (SSSR count). The lowest BCUT2D eigenvalue weighted by Gasteiger charge is -2.16. The minimum absolute atomic E-state index is 0.0154. The zero-order valence-corrected chi connectivity index (χ0v) is 17.6. The maximum atomic E-state index is 12.2. The molecule has 2 N–H and O–H groups in total. The third-order valence-corrected chi connectivity index (χ3v) is 5.37. The van der Waals surface area contributed by atoms with Crippen LogP contribution in [0, 0.1) is 0 Å². The minimum Gasteiger partial charge on any atom is -0.356 e. The standard InChI is InChI=1S/C22H26N4O2S/c1-16(27)24-22-25-19-10-9-18(13-20(19)29-22)14-21(28)23-11-6-12-26(2)15-17-7-4-3-5-8-17/h3-5,7-10,13H,6,11-12,14-15H2,1-2H3,(H,23,28)(H,24,25,27). The average molecular weight is 411 g/mol. The zero-order valence-electron chi connectivity index (χ0n) is 16.8. The van der Waals surface area contributed by atoms with E-state index in [1.54, 1.807) is 0 Å². The van der Waals surface area contributed by atoms with Gasteiger partial charge in [-0.25, -0.2) is 4.98 Å². The van der Waals surface area contributed by atoms with Crippen LogP contribution >= 0.6 is 11.3 Å². The number of carbonyl (C=O) groups is 2. The van der Waals surface area contributed by atoms with Gasteiger partial charge < -0.3 is 15.5 Å². The lowest BCUT2D eigenvalue weighted by Crippen LogP contribution is -2.29. The van der Waals surface area contributed by atoms with E-state index in [1.807, 2.05) is 36.4 Å². The molecule has 0 saturated heterocycles. The molecule has 0 atom stereocenters. The van der Waals surface area contributed by atoms with Crippen LogP contribution in [0.4, 0.5) is 5.13 Å². The Morgan fingerprint density at radius 1 is 1.10 bits per heavy atom. The van der Waals surface area contributed by atoms with Crippen LogP contribution in [0.15, 0.2) is 48.5 Å². The molecule has 2 amide bonds. The first-order valence-corrected chi connectivity index (χ1v) is 10.5. The molecule has 29 heavy (non-hydrogen) atoms. The Labute approximate surface area is 174 Å². The summed E-state index contributed by atoms with van der Waals surface area (Å²) in [6.45, 7) is 3.95. The van der Waals surface area contributed by atoms with Crippen molar-refractivity contribution in [3.05, 3.63) is 59.7 Å². The van der Waals surface area contributed by atoms with Gasteiger partial charge in [0, 0.05) is 20.0 Å². The third-order valence-electron chi connectivity index (χ3n) is 4.43. The molecule has 0 aliphatic heterocycles. The van der Waals surface area contributed by atoms with Crippen LogP contribution in [0.1, 0.15) is 24.5 Å². The number of hydrogen-bond acceptors (Lipinski definition) is 5. The van der Waals surface area contributed by atoms with E-state index in [4.69, 9.17) is 0 Å². The molecule has 7 heteroatoms. The van der Waals surface area contributed by atoms with Crippen LogP contribution in [0.2, 0.25) is 0 Å². The van der Waals surface area contributed by atoms with Crippen LogP contribution in [0.3, 0.4) is 0 Å². The van der Waals surface area contributed by atoms with Crippen LogP contribution in [-0.4, -0.2) is 41.8 Å². The lowest BCUT2D eigenvalue weighted by atomic mass is 10.1. The van der Waals surface area contributed by atoms with Crippen molar-refractivity contribution in [2.75, 3.05) is 25.5 Å². The second-order valence-corrected chi connectivity index (χ2v) is 8.14. The van der Waals surface area contributed by atoms with Crippen molar-refractivity contribution in [3.63, 3.8) is 0 Å². The summed E-state index contributed by atoms with van der Waals surface area (Å²) in [4.78, 5) is 30.0. The van der Waals surface area contributed by atoms with Gasteiger partial charge in [-0.15, -0.1) is 0 Å². The highest BCUT2D eigenvalue weighted by atomic mass is 32.1. The number of benzene rings is 2. The van der Waals surface area contributed by atoms with Crippen molar-refractivity contribution in [1.29, 1.82) is 0 Å². The van der Waals surface area contributed by atoms with Gasteiger partial charge >= 0.3 is 0 Å². The molecule has 0 fully saturated rings. The number of aromatic nitrogens is 1. The summed E-state index contributed by atoms with van der Waals surface area (Å²) in [6, 6.07) is 16.1. The maximum absolute atomic E-state index is 12.2. The van der Waals surface area contributed by atoms with Gasteiger partial charge in [-0.1, -0.05) is 47.7 Å². The van der Waals surface area contributed by atoms with Gasteiger partial charge in [0.15, 0.2) is 5.13 Å². The molecule has 0 aliphatic rings. The van der Waals surface area contributed by atoms with Gasteiger partial charge in [0.05, 0.1) is 16.6 Å². The number of rotatable bonds is 9. The fourth-order valence-corrected chi connectivity index (χ4v) is 4.06. The molecule has 0 saturated carbocycles. The Hall–Kier alpha value is -2.77. The Morgan fingerprint density at radius 3 is 2.66 bits per heavy atom. The zero-order chi connectivity index (χ0) is 20.6. The van der Waals surface area contributed by atoms with E-state index in [9.17, 15) is 9.59 Å². The second kappa shape index (κ2) is 10.1. The fraction of sp³-hybridized carbons (Fsp3) is 0.318. The summed E-state index contributed by atoms with van der Waals surface area (Å²) in [6.07, 6.45) is 1.24. The predicted molar refractivity (Wildman–Crippen MR) is 118 cm³/mol. The number of thiazole rings is 1. The normalized spacial score (nSPS) is 11.0. The van der Waals surface area contributed by atoms with Crippen LogP contribution in [0.25, 0.3) is 10.2 Å². The van der Waals surface area contributed by atoms with E-state index in [0.717, 1.165) is 35.3 Å². The first kappa shape index (κ1) is 21.0. The van der Waals surface area contributed by atoms with Gasteiger partial charge in [-0.05, 0) is 43.3 Å². The van der Waals surface area contributed by atoms with Gasteiger partial charge in [0.2, 0.25) is 11.8 Å². The number of anilines is 1. The van der Waals surface area contributed by atoms with Crippen molar-refractivity contribution < 1.29 is 9.59 Å². The highest BCUT2D eigenvalue weighted by Gasteiger charge is 2.08. The smallest absolute Gasteiger partial charge is 0.224 e. The highest BCUT2D eigenvalue weighted by molar-refractivity contribution is 7.22. The van der Waals surface area contributed by atoms with Gasteiger partial charge in [-0.2, -0.15) is 0 Å². The summed E-state index contributed by atoms with van der Waals surface area (Å²) >= 11 is 1.41. The molecule has 6 nitrogen and oxygen atoms in total. The van der Waals surface area contributed by atoms with Crippen molar-refractivity contribution >= 4 is 38.5 Å². The molecule has 0 aliphatic carbocycles. The summed E-state index contributed by atoms with van der Waals surface area (Å²) in [5.41, 5.74) is 3.05. The molecular weight excluding hydrogens is 384 g/mol. The second-order valence-electron chi connectivity index (χ2n) is 7.11. The third kappa shape index (κ3) is 6.66. The summed E-state index contributed by atoms with van der Waals surface area (Å²) in [7, 11) is 2.09. The van der Waals surface area contributed by atoms with E-state index in [1.165, 1.54) is 23.8 Å². The first-order valence-electron chi connectivity index (χ1n) is 9.66. The van der Waals surface area contributed by atoms with Crippen LogP contribution in [-0.2, 0) is 22.6 Å². The number of hydrogen-bond donors (Lipinski definition) is 2. The molecule has 152 valence electrons. The maximum Gasteiger partial charge on any atom is 0.224 e. The predicted octanol–water partition coefficient (Wildman–Crippen LogP) is 3.44. The topological polar surface area (TPSA) is 74.3 Å². The monoisotopic (exact) mass is 410 g/mol. The number of nitrogens with one attached hydrogen (secondary N) is 2. The van der Waals surface area contributed by atoms with Crippen molar-refractivity contribution in [2.24, 2.45) is 0 Å². The highest BCUT2D eigenvalue weighted by Crippen LogP contribution is 2.26. The molecule has 0 bridgehead atoms. The Morgan fingerprint density at radius 2 is 1.90 bits per heavy atom. The SMILES string of the molecule is CC(=O)Nc1nc2ccc(CC(=O)NCCCN(C)Cc3ccccc3)cc2s1. The van der Waals surface area contributed by atoms with Crippen molar-refractivity contribution in [1.82, 2.24) is 15.2 Å². The van der Waals surface area contributed by atoms with Gasteiger partial charge in [-0.3, -0.25) is 9.59 Å². The molecule has 1 heterocycles. The molecule has 2 aromatic carbocycles. The van der Waals surface area contributed by atoms with E-state index < -0.39 is 0 Å². The molecule has 3 aromatic rings. The Kier molecular flexibility index (Phi) is 7.32. The fourth-order valence-electron chi connectivity index (χ4n) is 3.08. The lowest BCUT2D eigenvalue weighted by molar-refractivity contribution is -0.120. The summed E-state index contributed by atoms with van der Waals surface area (Å²) in [5.74, 6) is -0.125. The van der Waals surface area contributed by atoms with E-state index in [-0.39, 0.29) is 11.8 Å². The molecule has 0 unspecified atom stereocenters. The number of carbonyl (C=O) groups excluding carboxylic acids is 2. The average Bonchev–Trinajstić information content (AvgIpc) is 3.06. The Balaban J connectivity index is 1.41. The van der Waals surface area contributed by atoms with Crippen LogP contribution in [0.5, 0.6) is 0 Å². The first-order chi connectivity index (χ1) is 14.0. The largest absolute Gasteiger partial charge is 0.356 e. The summed E-state index contributed by atoms with van der Waals surface area (Å²) < 4.78 is 0.960. The molecule has 1 aromatic heterocycles. The number of fused-ring (bicyclic) bond motifs is 1. The van der Waals surface area contributed by atoms with Crippen LogP contribution < -0.4 is 10.6 Å². The number of nitrogens with zero attached hydrogens (tertiary/aromatic N) is 2. The quantitative estimate of drug-likeness (QED) is 0.530. The van der Waals surface area contributed by atoms with Gasteiger partial charge in [0.25, 0.3) is 0 Å². The van der Waals surface area contributed by atoms with E-state index in [2.05, 4.69) is 39.7 Å². The molecule has 0 spiro atoms. The molecule has 0 radical (unpaired) electrons. The Bertz CT molecular complexity index is 971. The molecular formula is C22H26N4O2S. The van der Waals surface area contributed by atoms with E-state index >= 15 is 0 Å². The summed E-state index contributed by atoms with van der Waals surface area (Å²) in [5, 5.41) is 6.27. The van der Waals surface area contributed by atoms with Crippen molar-refractivity contribution in [2.45, 2.75) is 26.3 Å². The number of amides is 2. The minimum atomic E-state index is -0.141. The van der Waals surface area contributed by atoms with E-state index in [0.29, 0.717) is 18.1 Å². The van der Waals surface area contributed by atoms with Crippen molar-refractivity contribution in [3.8, 4) is 0 Å².